The molecule has 1 rings (SSSR count). The van der Waals surface area contributed by atoms with Crippen molar-refractivity contribution in [2.24, 2.45) is 5.73 Å². The van der Waals surface area contributed by atoms with Gasteiger partial charge in [-0.2, -0.15) is 0 Å². The summed E-state index contributed by atoms with van der Waals surface area (Å²) < 4.78 is 0. The molecule has 0 aromatic carbocycles. The Kier molecular flexibility index (Phi) is 4.66. The fourth-order valence-electron chi connectivity index (χ4n) is 0.921. The summed E-state index contributed by atoms with van der Waals surface area (Å²) in [5, 5.41) is 0. The zero-order valence-corrected chi connectivity index (χ0v) is 8.93. The third-order valence-corrected chi connectivity index (χ3v) is 1.50. The number of halogens is 1. The van der Waals surface area contributed by atoms with Gasteiger partial charge in [0.25, 0.3) is 0 Å². The summed E-state index contributed by atoms with van der Waals surface area (Å²) in [4.78, 5) is 10.3. The number of aromatic nitrogens is 2. The number of nitrogens with two attached hydrogens (primary N) is 1. The Labute approximate surface area is 84.6 Å². The van der Waals surface area contributed by atoms with Gasteiger partial charge in [0.1, 0.15) is 0 Å². The van der Waals surface area contributed by atoms with E-state index in [9.17, 15) is 0 Å². The van der Waals surface area contributed by atoms with E-state index in [-0.39, 0.29) is 12.4 Å². The molecule has 0 aliphatic carbocycles. The molecule has 0 saturated heterocycles. The normalized spacial score (nSPS) is 9.23. The van der Waals surface area contributed by atoms with Crippen molar-refractivity contribution in [3.63, 3.8) is 0 Å². The lowest BCUT2D eigenvalue weighted by molar-refractivity contribution is 0.907. The predicted octanol–water partition coefficient (Wildman–Crippen LogP) is 0.732. The number of hydrogen-bond donors (Lipinski definition) is 1. The first-order chi connectivity index (χ1) is 5.63. The van der Waals surface area contributed by atoms with E-state index >= 15 is 0 Å². The number of rotatable bonds is 2. The van der Waals surface area contributed by atoms with Crippen LogP contribution in [0.2, 0.25) is 0 Å². The minimum absolute atomic E-state index is 0. The minimum Gasteiger partial charge on any atom is -0.347 e. The molecule has 0 saturated carbocycles. The van der Waals surface area contributed by atoms with E-state index < -0.39 is 0 Å². The monoisotopic (exact) mass is 202 g/mol. The summed E-state index contributed by atoms with van der Waals surface area (Å²) >= 11 is 0. The van der Waals surface area contributed by atoms with Crippen LogP contribution in [0.3, 0.4) is 0 Å². The van der Waals surface area contributed by atoms with Gasteiger partial charge in [-0.15, -0.1) is 12.4 Å². The zero-order valence-electron chi connectivity index (χ0n) is 8.11. The van der Waals surface area contributed by atoms with Crippen LogP contribution in [-0.2, 0) is 6.54 Å². The van der Waals surface area contributed by atoms with Gasteiger partial charge in [0.05, 0.1) is 5.69 Å². The maximum absolute atomic E-state index is 5.48. The molecule has 1 aromatic heterocycles. The van der Waals surface area contributed by atoms with Gasteiger partial charge in [0, 0.05) is 26.3 Å². The van der Waals surface area contributed by atoms with Crippen molar-refractivity contribution in [1.82, 2.24) is 9.97 Å². The molecule has 0 unspecified atom stereocenters. The lowest BCUT2D eigenvalue weighted by Gasteiger charge is -2.11. The van der Waals surface area contributed by atoms with E-state index in [0.29, 0.717) is 6.54 Å². The lowest BCUT2D eigenvalue weighted by Crippen LogP contribution is -2.15. The summed E-state index contributed by atoms with van der Waals surface area (Å²) in [6, 6.07) is 1.90. The van der Waals surface area contributed by atoms with Gasteiger partial charge in [0.2, 0.25) is 5.95 Å². The number of hydrogen-bond acceptors (Lipinski definition) is 4. The van der Waals surface area contributed by atoms with Gasteiger partial charge in [-0.3, -0.25) is 0 Å². The molecule has 0 atom stereocenters. The average Bonchev–Trinajstić information content (AvgIpc) is 2.03. The van der Waals surface area contributed by atoms with Crippen molar-refractivity contribution in [3.8, 4) is 0 Å². The molecule has 1 aromatic rings. The smallest absolute Gasteiger partial charge is 0.225 e. The van der Waals surface area contributed by atoms with Crippen molar-refractivity contribution >= 4 is 18.4 Å². The minimum atomic E-state index is 0. The highest BCUT2D eigenvalue weighted by molar-refractivity contribution is 5.85. The van der Waals surface area contributed by atoms with Gasteiger partial charge in [-0.1, -0.05) is 0 Å². The van der Waals surface area contributed by atoms with Crippen molar-refractivity contribution in [2.75, 3.05) is 19.0 Å². The fourth-order valence-corrected chi connectivity index (χ4v) is 0.921. The standard InChI is InChI=1S/C8H14N4.ClH/c1-6-4-7(5-9)11-8(10-6)12(2)3;/h4H,5,9H2,1-3H3;1H. The summed E-state index contributed by atoms with van der Waals surface area (Å²) in [5.41, 5.74) is 7.31. The molecule has 0 bridgehead atoms. The number of aryl methyl sites for hydroxylation is 1. The third-order valence-electron chi connectivity index (χ3n) is 1.50. The molecule has 0 fully saturated rings. The molecular formula is C8H15ClN4. The first-order valence-corrected chi connectivity index (χ1v) is 3.85. The van der Waals surface area contributed by atoms with Gasteiger partial charge in [0.15, 0.2) is 0 Å². The maximum Gasteiger partial charge on any atom is 0.225 e. The second kappa shape index (κ2) is 4.99. The molecule has 0 aliphatic heterocycles. The van der Waals surface area contributed by atoms with Crippen LogP contribution in [0, 0.1) is 6.92 Å². The summed E-state index contributed by atoms with van der Waals surface area (Å²) in [6.45, 7) is 2.40. The molecule has 5 heteroatoms. The summed E-state index contributed by atoms with van der Waals surface area (Å²) in [7, 11) is 3.82. The fraction of sp³-hybridized carbons (Fsp3) is 0.500. The first kappa shape index (κ1) is 12.1. The van der Waals surface area contributed by atoms with E-state index in [1.807, 2.05) is 32.0 Å². The molecule has 0 spiro atoms. The van der Waals surface area contributed by atoms with Crippen LogP contribution in [0.15, 0.2) is 6.07 Å². The Morgan fingerprint density at radius 2 is 2.00 bits per heavy atom. The first-order valence-electron chi connectivity index (χ1n) is 3.85. The Morgan fingerprint density at radius 1 is 1.38 bits per heavy atom. The Hall–Kier alpha value is -0.870. The lowest BCUT2D eigenvalue weighted by atomic mass is 10.3. The molecule has 4 nitrogen and oxygen atoms in total. The molecule has 0 aliphatic rings. The summed E-state index contributed by atoms with van der Waals surface area (Å²) in [6.07, 6.45) is 0. The van der Waals surface area contributed by atoms with E-state index in [4.69, 9.17) is 5.73 Å². The highest BCUT2D eigenvalue weighted by atomic mass is 35.5. The van der Waals surface area contributed by atoms with Crippen LogP contribution in [0.1, 0.15) is 11.4 Å². The van der Waals surface area contributed by atoms with Crippen LogP contribution < -0.4 is 10.6 Å². The second-order valence-corrected chi connectivity index (χ2v) is 2.90. The number of anilines is 1. The van der Waals surface area contributed by atoms with Crippen molar-refractivity contribution in [3.05, 3.63) is 17.5 Å². The number of nitrogens with zero attached hydrogens (tertiary/aromatic N) is 3. The van der Waals surface area contributed by atoms with Crippen LogP contribution >= 0.6 is 12.4 Å². The maximum atomic E-state index is 5.48. The Bertz CT molecular complexity index is 275. The van der Waals surface area contributed by atoms with Gasteiger partial charge >= 0.3 is 0 Å². The molecular weight excluding hydrogens is 188 g/mol. The topological polar surface area (TPSA) is 55.0 Å². The second-order valence-electron chi connectivity index (χ2n) is 2.90. The van der Waals surface area contributed by atoms with E-state index in [1.54, 1.807) is 0 Å². The van der Waals surface area contributed by atoms with Gasteiger partial charge in [-0.25, -0.2) is 9.97 Å². The van der Waals surface area contributed by atoms with E-state index in [0.717, 1.165) is 17.3 Å². The van der Waals surface area contributed by atoms with Crippen molar-refractivity contribution < 1.29 is 0 Å². The zero-order chi connectivity index (χ0) is 9.14. The molecule has 2 N–H and O–H groups in total. The van der Waals surface area contributed by atoms with Crippen LogP contribution in [0.25, 0.3) is 0 Å². The van der Waals surface area contributed by atoms with Crippen LogP contribution in [0.4, 0.5) is 5.95 Å². The van der Waals surface area contributed by atoms with Crippen LogP contribution in [-0.4, -0.2) is 24.1 Å². The molecule has 0 amide bonds. The highest BCUT2D eigenvalue weighted by Crippen LogP contribution is 2.06. The van der Waals surface area contributed by atoms with Gasteiger partial charge in [-0.05, 0) is 13.0 Å². The predicted molar refractivity (Wildman–Crippen MR) is 56.2 cm³/mol. The Morgan fingerprint density at radius 3 is 2.46 bits per heavy atom. The molecule has 1 heterocycles. The van der Waals surface area contributed by atoms with Crippen LogP contribution in [0.5, 0.6) is 0 Å². The van der Waals surface area contributed by atoms with E-state index in [2.05, 4.69) is 9.97 Å². The molecule has 74 valence electrons. The largest absolute Gasteiger partial charge is 0.347 e. The molecule has 13 heavy (non-hydrogen) atoms. The van der Waals surface area contributed by atoms with Crippen molar-refractivity contribution in [1.29, 1.82) is 0 Å². The SMILES string of the molecule is Cc1cc(CN)nc(N(C)C)n1.Cl. The molecule has 0 radical (unpaired) electrons. The average molecular weight is 203 g/mol. The summed E-state index contributed by atoms with van der Waals surface area (Å²) in [5.74, 6) is 0.718. The van der Waals surface area contributed by atoms with E-state index in [1.165, 1.54) is 0 Å². The van der Waals surface area contributed by atoms with Gasteiger partial charge < -0.3 is 10.6 Å². The van der Waals surface area contributed by atoms with Crippen molar-refractivity contribution in [2.45, 2.75) is 13.5 Å². The highest BCUT2D eigenvalue weighted by Gasteiger charge is 2.01. The third kappa shape index (κ3) is 3.16. The quantitative estimate of drug-likeness (QED) is 0.769. The Balaban J connectivity index is 0.00000144.